The highest BCUT2D eigenvalue weighted by atomic mass is 28.3. The molecular formula is C22H27FN4O4Si. The monoisotopic (exact) mass is 458 g/mol. The Bertz CT molecular complexity index is 1080. The highest BCUT2D eigenvalue weighted by Crippen LogP contribution is 2.27. The van der Waals surface area contributed by atoms with Crippen molar-refractivity contribution in [2.45, 2.75) is 45.9 Å². The van der Waals surface area contributed by atoms with E-state index in [-0.39, 0.29) is 24.7 Å². The molecule has 32 heavy (non-hydrogen) atoms. The van der Waals surface area contributed by atoms with E-state index in [1.807, 2.05) is 0 Å². The Morgan fingerprint density at radius 1 is 1.16 bits per heavy atom. The molecule has 0 aliphatic heterocycles. The number of tetrazole rings is 1. The average molecular weight is 459 g/mol. The number of aromatic nitrogens is 4. The number of hydrogen-bond acceptors (Lipinski definition) is 6. The summed E-state index contributed by atoms with van der Waals surface area (Å²) in [5, 5.41) is 22.1. The number of carboxylic acids is 1. The van der Waals surface area contributed by atoms with Crippen molar-refractivity contribution >= 4 is 14.0 Å². The molecule has 0 fully saturated rings. The van der Waals surface area contributed by atoms with Crippen LogP contribution in [0, 0.1) is 12.7 Å². The fourth-order valence-corrected chi connectivity index (χ4v) is 3.76. The number of halogens is 1. The molecule has 0 spiro atoms. The van der Waals surface area contributed by atoms with Gasteiger partial charge in [-0.15, -0.1) is 15.0 Å². The summed E-state index contributed by atoms with van der Waals surface area (Å²) in [6.45, 7) is 9.47. The molecule has 0 saturated carbocycles. The van der Waals surface area contributed by atoms with Gasteiger partial charge in [-0.25, -0.2) is 9.18 Å². The number of aromatic carboxylic acids is 1. The molecular weight excluding hydrogens is 431 g/mol. The lowest BCUT2D eigenvalue weighted by atomic mass is 9.97. The van der Waals surface area contributed by atoms with E-state index in [0.717, 1.165) is 6.04 Å². The third-order valence-electron chi connectivity index (χ3n) is 4.92. The summed E-state index contributed by atoms with van der Waals surface area (Å²) < 4.78 is 24.5. The minimum absolute atomic E-state index is 0.000872. The lowest BCUT2D eigenvalue weighted by molar-refractivity contribution is 0.0674. The Hall–Kier alpha value is -3.11. The van der Waals surface area contributed by atoms with Crippen LogP contribution in [0.15, 0.2) is 36.4 Å². The Morgan fingerprint density at radius 2 is 1.88 bits per heavy atom. The molecule has 1 aromatic heterocycles. The Labute approximate surface area is 187 Å². The van der Waals surface area contributed by atoms with Crippen LogP contribution in [-0.4, -0.2) is 46.0 Å². The molecule has 3 aromatic rings. The van der Waals surface area contributed by atoms with Crippen molar-refractivity contribution in [1.29, 1.82) is 0 Å². The van der Waals surface area contributed by atoms with Crippen LogP contribution in [0.25, 0.3) is 11.4 Å². The van der Waals surface area contributed by atoms with Crippen molar-refractivity contribution < 1.29 is 23.8 Å². The van der Waals surface area contributed by atoms with E-state index < -0.39 is 14.0 Å². The molecule has 1 heterocycles. The zero-order valence-electron chi connectivity index (χ0n) is 18.6. The van der Waals surface area contributed by atoms with Crippen LogP contribution in [0.3, 0.4) is 0 Å². The van der Waals surface area contributed by atoms with Crippen molar-refractivity contribution in [1.82, 2.24) is 20.2 Å². The van der Waals surface area contributed by atoms with E-state index in [9.17, 15) is 14.3 Å². The molecule has 0 amide bonds. The number of benzene rings is 2. The zero-order valence-corrected chi connectivity index (χ0v) is 19.6. The molecule has 8 nitrogen and oxygen atoms in total. The molecule has 10 heteroatoms. The normalized spacial score (nSPS) is 11.5. The molecule has 0 bridgehead atoms. The summed E-state index contributed by atoms with van der Waals surface area (Å²) in [7, 11) is -1.18. The van der Waals surface area contributed by atoms with Crippen LogP contribution < -0.4 is 4.74 Å². The number of hydrogen-bond donors (Lipinski definition) is 1. The third-order valence-corrected chi connectivity index (χ3v) is 6.63. The van der Waals surface area contributed by atoms with E-state index in [0.29, 0.717) is 34.9 Å². The number of carboxylic acid groups (broad SMARTS) is 1. The number of nitrogens with zero attached hydrogens (tertiary/aromatic N) is 4. The first-order chi connectivity index (χ1) is 15.1. The lowest BCUT2D eigenvalue weighted by Crippen LogP contribution is -2.22. The van der Waals surface area contributed by atoms with Gasteiger partial charge in [-0.2, -0.15) is 0 Å². The van der Waals surface area contributed by atoms with Crippen LogP contribution >= 0.6 is 0 Å². The predicted octanol–water partition coefficient (Wildman–Crippen LogP) is 4.38. The van der Waals surface area contributed by atoms with E-state index in [1.165, 1.54) is 35.1 Å². The maximum Gasteiger partial charge on any atom is 0.336 e. The number of rotatable bonds is 10. The van der Waals surface area contributed by atoms with Gasteiger partial charge >= 0.3 is 5.97 Å². The summed E-state index contributed by atoms with van der Waals surface area (Å²) in [5.41, 5.74) is 1.93. The SMILES string of the molecule is Cc1c(-c2nnn(COCC[Si](C)(C)C)n2)ccc(C(=O)O)c1COc1ccc(F)cc1. The number of carbonyl (C=O) groups is 1. The third kappa shape index (κ3) is 6.20. The largest absolute Gasteiger partial charge is 0.489 e. The highest BCUT2D eigenvalue weighted by Gasteiger charge is 2.19. The van der Waals surface area contributed by atoms with Crippen LogP contribution in [-0.2, 0) is 18.1 Å². The van der Waals surface area contributed by atoms with Gasteiger partial charge < -0.3 is 14.6 Å². The molecule has 2 aromatic carbocycles. The maximum atomic E-state index is 13.1. The van der Waals surface area contributed by atoms with Gasteiger partial charge in [0.25, 0.3) is 0 Å². The minimum atomic E-state index is -1.18. The van der Waals surface area contributed by atoms with Crippen molar-refractivity contribution in [2.24, 2.45) is 0 Å². The molecule has 0 unspecified atom stereocenters. The second kappa shape index (κ2) is 10.0. The van der Waals surface area contributed by atoms with Gasteiger partial charge in [0.15, 0.2) is 6.73 Å². The van der Waals surface area contributed by atoms with Crippen LogP contribution in [0.1, 0.15) is 21.5 Å². The molecule has 0 saturated heterocycles. The predicted molar refractivity (Wildman–Crippen MR) is 120 cm³/mol. The van der Waals surface area contributed by atoms with Gasteiger partial charge in [0, 0.05) is 25.8 Å². The molecule has 0 radical (unpaired) electrons. The van der Waals surface area contributed by atoms with Crippen molar-refractivity contribution in [3.63, 3.8) is 0 Å². The van der Waals surface area contributed by atoms with Gasteiger partial charge in [-0.1, -0.05) is 19.6 Å². The first kappa shape index (κ1) is 23.5. The Morgan fingerprint density at radius 3 is 2.53 bits per heavy atom. The van der Waals surface area contributed by atoms with E-state index >= 15 is 0 Å². The first-order valence-electron chi connectivity index (χ1n) is 10.2. The second-order valence-corrected chi connectivity index (χ2v) is 14.3. The van der Waals surface area contributed by atoms with Crippen molar-refractivity contribution in [2.75, 3.05) is 6.61 Å². The number of ether oxygens (including phenoxy) is 2. The van der Waals surface area contributed by atoms with Gasteiger partial charge in [0.1, 0.15) is 18.2 Å². The summed E-state index contributed by atoms with van der Waals surface area (Å²) in [6.07, 6.45) is 0. The molecule has 0 aliphatic rings. The van der Waals surface area contributed by atoms with Gasteiger partial charge in [-0.3, -0.25) is 0 Å². The molecule has 0 aliphatic carbocycles. The van der Waals surface area contributed by atoms with Gasteiger partial charge in [0.05, 0.1) is 5.56 Å². The zero-order chi connectivity index (χ0) is 23.3. The lowest BCUT2D eigenvalue weighted by Gasteiger charge is -2.15. The van der Waals surface area contributed by atoms with E-state index in [4.69, 9.17) is 9.47 Å². The summed E-state index contributed by atoms with van der Waals surface area (Å²) >= 11 is 0. The van der Waals surface area contributed by atoms with Crippen LogP contribution in [0.2, 0.25) is 25.7 Å². The minimum Gasteiger partial charge on any atom is -0.489 e. The summed E-state index contributed by atoms with van der Waals surface area (Å²) in [4.78, 5) is 13.1. The highest BCUT2D eigenvalue weighted by molar-refractivity contribution is 6.76. The Balaban J connectivity index is 1.77. The maximum absolute atomic E-state index is 13.1. The molecule has 3 rings (SSSR count). The van der Waals surface area contributed by atoms with E-state index in [1.54, 1.807) is 13.0 Å². The Kier molecular flexibility index (Phi) is 7.36. The molecule has 170 valence electrons. The summed E-state index contributed by atoms with van der Waals surface area (Å²) in [5.74, 6) is -0.631. The average Bonchev–Trinajstić information content (AvgIpc) is 3.19. The van der Waals surface area contributed by atoms with Gasteiger partial charge in [-0.05, 0) is 60.1 Å². The molecule has 1 N–H and O–H groups in total. The fraction of sp³-hybridized carbons (Fsp3) is 0.364. The standard InChI is InChI=1S/C22H27FN4O4Si/c1-15-18(21-24-26-27(25-21)14-30-11-12-32(2,3)4)9-10-19(22(28)29)20(15)13-31-17-7-5-16(23)6-8-17/h5-10H,11-14H2,1-4H3,(H,28,29). The first-order valence-corrected chi connectivity index (χ1v) is 13.9. The van der Waals surface area contributed by atoms with Crippen molar-refractivity contribution in [3.8, 4) is 17.1 Å². The van der Waals surface area contributed by atoms with Crippen molar-refractivity contribution in [3.05, 3.63) is 58.9 Å². The molecule has 0 atom stereocenters. The fourth-order valence-electron chi connectivity index (χ4n) is 3.00. The quantitative estimate of drug-likeness (QED) is 0.356. The van der Waals surface area contributed by atoms with Crippen LogP contribution in [0.4, 0.5) is 4.39 Å². The topological polar surface area (TPSA) is 99.4 Å². The summed E-state index contributed by atoms with van der Waals surface area (Å²) in [6, 6.07) is 9.75. The second-order valence-electron chi connectivity index (χ2n) is 8.65. The smallest absolute Gasteiger partial charge is 0.336 e. The van der Waals surface area contributed by atoms with Crippen LogP contribution in [0.5, 0.6) is 5.75 Å². The van der Waals surface area contributed by atoms with Gasteiger partial charge in [0.2, 0.25) is 5.82 Å². The van der Waals surface area contributed by atoms with E-state index in [2.05, 4.69) is 35.1 Å².